The number of hydrogen-bond donors (Lipinski definition) is 2. The largest absolute Gasteiger partial charge is 0.493 e. The van der Waals surface area contributed by atoms with Crippen molar-refractivity contribution in [2.75, 3.05) is 34.0 Å². The summed E-state index contributed by atoms with van der Waals surface area (Å²) < 4.78 is 32.4. The van der Waals surface area contributed by atoms with Gasteiger partial charge < -0.3 is 39.1 Å². The minimum absolute atomic E-state index is 0.0179. The Morgan fingerprint density at radius 3 is 1.79 bits per heavy atom. The molecule has 0 radical (unpaired) electrons. The van der Waals surface area contributed by atoms with Crippen molar-refractivity contribution in [3.8, 4) is 23.0 Å². The van der Waals surface area contributed by atoms with Gasteiger partial charge in [0, 0.05) is 6.54 Å². The van der Waals surface area contributed by atoms with Crippen molar-refractivity contribution in [2.24, 2.45) is 11.8 Å². The molecule has 1 heterocycles. The van der Waals surface area contributed by atoms with Crippen molar-refractivity contribution < 1.29 is 57.4 Å². The Morgan fingerprint density at radius 2 is 1.34 bits per heavy atom. The van der Waals surface area contributed by atoms with Crippen molar-refractivity contribution in [3.05, 3.63) is 80.9 Å². The predicted octanol–water partition coefficient (Wildman–Crippen LogP) is 5.17. The molecule has 316 valence electrons. The maximum Gasteiger partial charge on any atom is 0.410 e. The summed E-state index contributed by atoms with van der Waals surface area (Å²) in [6, 6.07) is 1.59. The van der Waals surface area contributed by atoms with Crippen LogP contribution in [0.15, 0.2) is 49.6 Å². The number of carbonyl (C=O) groups is 4. The Hall–Kier alpha value is -6.40. The number of rotatable bonds is 22. The third kappa shape index (κ3) is 12.3. The zero-order valence-electron chi connectivity index (χ0n) is 33.5. The van der Waals surface area contributed by atoms with Crippen LogP contribution in [0.1, 0.15) is 58.1 Å². The first kappa shape index (κ1) is 46.0. The Morgan fingerprint density at radius 1 is 0.828 bits per heavy atom. The summed E-state index contributed by atoms with van der Waals surface area (Å²) in [5.41, 5.74) is -0.713. The highest BCUT2D eigenvalue weighted by Gasteiger charge is 2.38. The van der Waals surface area contributed by atoms with Gasteiger partial charge in [-0.3, -0.25) is 34.7 Å². The highest BCUT2D eigenvalue weighted by atomic mass is 16.6. The molecule has 0 spiro atoms. The quantitative estimate of drug-likeness (QED) is 0.0676. The highest BCUT2D eigenvalue weighted by molar-refractivity contribution is 5.93. The molecule has 1 aliphatic heterocycles. The molecule has 0 unspecified atom stereocenters. The SMILES string of the molecule is C=CCOc1cc([N+](=O)[O-])c(COC(=O)[C@H](NC(=O)[C@H](CC(C)C)NC(=O)[C@@H]2CCCN2C(=O)OCc2cc(OC)c(OCC=C)cc2[N+](=O)[O-])C(C)C)cc1OC. The second-order valence-electron chi connectivity index (χ2n) is 13.9. The van der Waals surface area contributed by atoms with Gasteiger partial charge in [-0.15, -0.1) is 0 Å². The van der Waals surface area contributed by atoms with Crippen LogP contribution in [0.5, 0.6) is 23.0 Å². The lowest BCUT2D eigenvalue weighted by Gasteiger charge is -2.28. The van der Waals surface area contributed by atoms with Crippen LogP contribution in [-0.4, -0.2) is 90.7 Å². The third-order valence-electron chi connectivity index (χ3n) is 8.91. The fourth-order valence-corrected chi connectivity index (χ4v) is 6.04. The van der Waals surface area contributed by atoms with Crippen LogP contribution in [0.3, 0.4) is 0 Å². The molecule has 58 heavy (non-hydrogen) atoms. The zero-order valence-corrected chi connectivity index (χ0v) is 33.5. The second kappa shape index (κ2) is 21.8. The minimum atomic E-state index is -1.21. The van der Waals surface area contributed by atoms with Gasteiger partial charge in [-0.25, -0.2) is 9.59 Å². The molecule has 0 saturated carbocycles. The van der Waals surface area contributed by atoms with Crippen molar-refractivity contribution in [2.45, 2.75) is 78.3 Å². The minimum Gasteiger partial charge on any atom is -0.493 e. The Kier molecular flexibility index (Phi) is 17.3. The van der Waals surface area contributed by atoms with E-state index in [-0.39, 0.29) is 84.0 Å². The summed E-state index contributed by atoms with van der Waals surface area (Å²) in [4.78, 5) is 77.7. The number of esters is 1. The average Bonchev–Trinajstić information content (AvgIpc) is 3.69. The van der Waals surface area contributed by atoms with Gasteiger partial charge in [0.2, 0.25) is 11.8 Å². The molecule has 2 aromatic carbocycles. The van der Waals surface area contributed by atoms with Crippen LogP contribution in [0.25, 0.3) is 0 Å². The number of nitro benzene ring substituents is 2. The van der Waals surface area contributed by atoms with E-state index in [1.807, 2.05) is 13.8 Å². The number of benzene rings is 2. The molecule has 0 aliphatic carbocycles. The summed E-state index contributed by atoms with van der Waals surface area (Å²) in [5.74, 6) is -2.28. The molecule has 3 rings (SSSR count). The number of methoxy groups -OCH3 is 2. The molecular formula is C39H51N5O14. The molecule has 2 N–H and O–H groups in total. The summed E-state index contributed by atoms with van der Waals surface area (Å²) in [6.07, 6.45) is 2.87. The molecule has 3 amide bonds. The van der Waals surface area contributed by atoms with Gasteiger partial charge >= 0.3 is 12.1 Å². The van der Waals surface area contributed by atoms with Crippen LogP contribution in [-0.2, 0) is 37.1 Å². The van der Waals surface area contributed by atoms with Crippen LogP contribution in [0.2, 0.25) is 0 Å². The molecule has 0 aromatic heterocycles. The maximum absolute atomic E-state index is 13.7. The number of hydrogen-bond acceptors (Lipinski definition) is 14. The number of nitro groups is 2. The highest BCUT2D eigenvalue weighted by Crippen LogP contribution is 2.37. The lowest BCUT2D eigenvalue weighted by atomic mass is 10.00. The lowest BCUT2D eigenvalue weighted by Crippen LogP contribution is -2.56. The van der Waals surface area contributed by atoms with Crippen LogP contribution < -0.4 is 29.6 Å². The van der Waals surface area contributed by atoms with E-state index in [4.69, 9.17) is 28.4 Å². The van der Waals surface area contributed by atoms with E-state index in [9.17, 15) is 39.4 Å². The summed E-state index contributed by atoms with van der Waals surface area (Å²) >= 11 is 0. The van der Waals surface area contributed by atoms with Gasteiger partial charge in [-0.2, -0.15) is 0 Å². The molecule has 1 fully saturated rings. The smallest absolute Gasteiger partial charge is 0.410 e. The fourth-order valence-electron chi connectivity index (χ4n) is 6.04. The molecular weight excluding hydrogens is 762 g/mol. The van der Waals surface area contributed by atoms with Crippen LogP contribution in [0.4, 0.5) is 16.2 Å². The Balaban J connectivity index is 1.73. The normalized spacial score (nSPS) is 14.5. The van der Waals surface area contributed by atoms with Gasteiger partial charge in [-0.05, 0) is 43.2 Å². The van der Waals surface area contributed by atoms with Gasteiger partial charge in [0.1, 0.15) is 44.6 Å². The zero-order chi connectivity index (χ0) is 43.1. The Labute approximate surface area is 335 Å². The summed E-state index contributed by atoms with van der Waals surface area (Å²) in [5, 5.41) is 29.1. The monoisotopic (exact) mass is 813 g/mol. The van der Waals surface area contributed by atoms with Crippen molar-refractivity contribution in [1.29, 1.82) is 0 Å². The molecule has 1 saturated heterocycles. The number of ether oxygens (including phenoxy) is 6. The van der Waals surface area contributed by atoms with Gasteiger partial charge in [0.15, 0.2) is 23.0 Å². The fraction of sp³-hybridized carbons (Fsp3) is 0.487. The van der Waals surface area contributed by atoms with E-state index in [2.05, 4.69) is 23.8 Å². The molecule has 3 atom stereocenters. The van der Waals surface area contributed by atoms with Crippen molar-refractivity contribution in [3.63, 3.8) is 0 Å². The van der Waals surface area contributed by atoms with Gasteiger partial charge in [-0.1, -0.05) is 53.0 Å². The molecule has 2 aromatic rings. The lowest BCUT2D eigenvalue weighted by molar-refractivity contribution is -0.386. The van der Waals surface area contributed by atoms with Gasteiger partial charge in [0.05, 0.1) is 47.3 Å². The number of amides is 3. The van der Waals surface area contributed by atoms with E-state index in [0.29, 0.717) is 6.42 Å². The first-order chi connectivity index (χ1) is 27.6. The van der Waals surface area contributed by atoms with Crippen molar-refractivity contribution >= 4 is 35.3 Å². The first-order valence-corrected chi connectivity index (χ1v) is 18.4. The molecule has 19 heteroatoms. The number of carbonyl (C=O) groups excluding carboxylic acids is 4. The van der Waals surface area contributed by atoms with Crippen LogP contribution in [0, 0.1) is 32.1 Å². The van der Waals surface area contributed by atoms with E-state index in [1.54, 1.807) is 13.8 Å². The summed E-state index contributed by atoms with van der Waals surface area (Å²) in [6.45, 7) is 13.3. The number of likely N-dealkylation sites (tertiary alicyclic amines) is 1. The predicted molar refractivity (Wildman–Crippen MR) is 209 cm³/mol. The van der Waals surface area contributed by atoms with E-state index < -0.39 is 71.0 Å². The van der Waals surface area contributed by atoms with Crippen LogP contribution >= 0.6 is 0 Å². The standard InChI is InChI=1S/C39H51N5O14/c1-9-14-55-33-19-29(43(49)50)25(17-31(33)53-7)21-57-38(47)35(24(5)6)41-36(45)27(16-23(3)4)40-37(46)28-12-11-13-42(28)39(48)58-22-26-18-32(54-8)34(56-15-10-2)20-30(26)44(51)52/h9-10,17-20,23-24,27-28,35H,1-2,11-16,21-22H2,3-8H3,(H,40,46)(H,41,45)/t27-,28-,35+/m0/s1. The maximum atomic E-state index is 13.7. The van der Waals surface area contributed by atoms with E-state index in [0.717, 1.165) is 12.1 Å². The Bertz CT molecular complexity index is 1850. The number of nitrogens with one attached hydrogen (secondary N) is 2. The topological polar surface area (TPSA) is 237 Å². The van der Waals surface area contributed by atoms with Crippen molar-refractivity contribution in [1.82, 2.24) is 15.5 Å². The molecule has 0 bridgehead atoms. The second-order valence-corrected chi connectivity index (χ2v) is 13.9. The van der Waals surface area contributed by atoms with Gasteiger partial charge in [0.25, 0.3) is 11.4 Å². The first-order valence-electron chi connectivity index (χ1n) is 18.4. The number of nitrogens with zero attached hydrogens (tertiary/aromatic N) is 3. The third-order valence-corrected chi connectivity index (χ3v) is 8.91. The summed E-state index contributed by atoms with van der Waals surface area (Å²) in [7, 11) is 2.70. The molecule has 19 nitrogen and oxygen atoms in total. The van der Waals surface area contributed by atoms with E-state index >= 15 is 0 Å². The van der Waals surface area contributed by atoms with E-state index in [1.165, 1.54) is 43.4 Å². The molecule has 1 aliphatic rings. The average molecular weight is 814 g/mol.